The number of aromatic nitrogens is 3. The zero-order valence-electron chi connectivity index (χ0n) is 9.97. The lowest BCUT2D eigenvalue weighted by atomic mass is 10.2. The number of hydrogen-bond donors (Lipinski definition) is 2. The summed E-state index contributed by atoms with van der Waals surface area (Å²) in [4.78, 5) is 12.8. The summed E-state index contributed by atoms with van der Waals surface area (Å²) in [6.07, 6.45) is 5.45. The second kappa shape index (κ2) is 5.84. The summed E-state index contributed by atoms with van der Waals surface area (Å²) >= 11 is 1.58. The summed E-state index contributed by atoms with van der Waals surface area (Å²) in [6.45, 7) is 5.16. The number of nitrogens with zero attached hydrogens (tertiary/aromatic N) is 2. The van der Waals surface area contributed by atoms with Crippen LogP contribution in [0.15, 0.2) is 40.8 Å². The van der Waals surface area contributed by atoms with Crippen LogP contribution in [0.2, 0.25) is 0 Å². The Kier molecular flexibility index (Phi) is 4.17. The normalized spacial score (nSPS) is 12.6. The molecule has 2 rings (SSSR count). The first-order chi connectivity index (χ1) is 8.29. The van der Waals surface area contributed by atoms with Crippen LogP contribution in [-0.2, 0) is 0 Å². The van der Waals surface area contributed by atoms with Gasteiger partial charge in [0, 0.05) is 29.5 Å². The van der Waals surface area contributed by atoms with E-state index in [0.717, 1.165) is 22.3 Å². The van der Waals surface area contributed by atoms with Crippen LogP contribution in [0.4, 0.5) is 0 Å². The van der Waals surface area contributed by atoms with Crippen molar-refractivity contribution in [1.29, 1.82) is 0 Å². The highest BCUT2D eigenvalue weighted by Gasteiger charge is 2.05. The molecule has 0 saturated carbocycles. The molecule has 0 radical (unpaired) electrons. The second-order valence-corrected chi connectivity index (χ2v) is 4.76. The predicted molar refractivity (Wildman–Crippen MR) is 69.0 cm³/mol. The average molecular weight is 248 g/mol. The van der Waals surface area contributed by atoms with Gasteiger partial charge in [-0.2, -0.15) is 0 Å². The predicted octanol–water partition coefficient (Wildman–Crippen LogP) is 2.63. The fourth-order valence-electron chi connectivity index (χ4n) is 1.54. The number of aromatic amines is 1. The summed E-state index contributed by atoms with van der Waals surface area (Å²) in [5.41, 5.74) is 1.07. The van der Waals surface area contributed by atoms with Gasteiger partial charge in [-0.15, -0.1) is 0 Å². The van der Waals surface area contributed by atoms with Crippen LogP contribution in [0.25, 0.3) is 0 Å². The van der Waals surface area contributed by atoms with Gasteiger partial charge in [-0.1, -0.05) is 18.7 Å². The van der Waals surface area contributed by atoms with Crippen molar-refractivity contribution in [3.8, 4) is 0 Å². The molecule has 5 heteroatoms. The molecule has 0 spiro atoms. The van der Waals surface area contributed by atoms with Gasteiger partial charge in [0.2, 0.25) is 0 Å². The molecule has 90 valence electrons. The van der Waals surface area contributed by atoms with E-state index >= 15 is 0 Å². The van der Waals surface area contributed by atoms with Gasteiger partial charge in [0.05, 0.1) is 5.69 Å². The maximum absolute atomic E-state index is 4.45. The molecule has 0 fully saturated rings. The van der Waals surface area contributed by atoms with Crippen molar-refractivity contribution in [2.24, 2.45) is 0 Å². The Balaban J connectivity index is 2.02. The number of pyridine rings is 1. The first-order valence-corrected chi connectivity index (χ1v) is 6.48. The Hall–Kier alpha value is -1.33. The van der Waals surface area contributed by atoms with E-state index in [1.165, 1.54) is 0 Å². The maximum atomic E-state index is 4.45. The number of rotatable bonds is 5. The van der Waals surface area contributed by atoms with Gasteiger partial charge in [0.15, 0.2) is 5.16 Å². The molecule has 2 aromatic rings. The van der Waals surface area contributed by atoms with Crippen LogP contribution in [0.5, 0.6) is 0 Å². The minimum absolute atomic E-state index is 0.294. The van der Waals surface area contributed by atoms with Crippen LogP contribution in [0, 0.1) is 0 Å². The molecule has 2 heterocycles. The molecule has 2 aromatic heterocycles. The molecule has 4 nitrogen and oxygen atoms in total. The Morgan fingerprint density at radius 1 is 1.41 bits per heavy atom. The van der Waals surface area contributed by atoms with Gasteiger partial charge >= 0.3 is 0 Å². The van der Waals surface area contributed by atoms with E-state index < -0.39 is 0 Å². The highest BCUT2D eigenvalue weighted by Crippen LogP contribution is 2.24. The average Bonchev–Trinajstić information content (AvgIpc) is 2.83. The van der Waals surface area contributed by atoms with Crippen LogP contribution in [-0.4, -0.2) is 21.5 Å². The summed E-state index contributed by atoms with van der Waals surface area (Å²) in [5.74, 6) is 0. The highest BCUT2D eigenvalue weighted by atomic mass is 32.2. The van der Waals surface area contributed by atoms with Gasteiger partial charge in [0.1, 0.15) is 0 Å². The third-order valence-electron chi connectivity index (χ3n) is 2.40. The van der Waals surface area contributed by atoms with Gasteiger partial charge < -0.3 is 10.3 Å². The van der Waals surface area contributed by atoms with Crippen LogP contribution < -0.4 is 5.32 Å². The third-order valence-corrected chi connectivity index (χ3v) is 3.29. The van der Waals surface area contributed by atoms with E-state index in [-0.39, 0.29) is 0 Å². The van der Waals surface area contributed by atoms with Crippen molar-refractivity contribution in [3.05, 3.63) is 36.4 Å². The van der Waals surface area contributed by atoms with E-state index in [4.69, 9.17) is 0 Å². The molecule has 0 bridgehead atoms. The molecule has 0 aromatic carbocycles. The number of nitrogens with one attached hydrogen (secondary N) is 2. The summed E-state index contributed by atoms with van der Waals surface area (Å²) in [7, 11) is 0. The molecule has 0 aliphatic rings. The quantitative estimate of drug-likeness (QED) is 0.854. The van der Waals surface area contributed by atoms with Crippen LogP contribution in [0.1, 0.15) is 25.6 Å². The first-order valence-electron chi connectivity index (χ1n) is 5.66. The lowest BCUT2D eigenvalue weighted by Crippen LogP contribution is -2.18. The van der Waals surface area contributed by atoms with Gasteiger partial charge in [-0.05, 0) is 25.6 Å². The van der Waals surface area contributed by atoms with E-state index in [1.54, 1.807) is 18.0 Å². The lowest BCUT2D eigenvalue weighted by molar-refractivity contribution is 0.582. The fraction of sp³-hybridized carbons (Fsp3) is 0.333. The van der Waals surface area contributed by atoms with E-state index in [1.807, 2.05) is 12.4 Å². The van der Waals surface area contributed by atoms with Crippen molar-refractivity contribution in [2.45, 2.75) is 29.9 Å². The Bertz CT molecular complexity index is 438. The second-order valence-electron chi connectivity index (χ2n) is 3.69. The van der Waals surface area contributed by atoms with E-state index in [0.29, 0.717) is 6.04 Å². The molecule has 2 N–H and O–H groups in total. The van der Waals surface area contributed by atoms with Crippen molar-refractivity contribution < 1.29 is 0 Å². The molecule has 0 amide bonds. The molecule has 1 unspecified atom stereocenters. The van der Waals surface area contributed by atoms with Crippen molar-refractivity contribution in [2.75, 3.05) is 6.54 Å². The van der Waals surface area contributed by atoms with Crippen molar-refractivity contribution in [3.63, 3.8) is 0 Å². The molecule has 1 atom stereocenters. The lowest BCUT2D eigenvalue weighted by Gasteiger charge is -2.11. The van der Waals surface area contributed by atoms with E-state index in [9.17, 15) is 0 Å². The zero-order chi connectivity index (χ0) is 12.1. The Morgan fingerprint density at radius 2 is 2.29 bits per heavy atom. The monoisotopic (exact) mass is 248 g/mol. The van der Waals surface area contributed by atoms with Crippen molar-refractivity contribution >= 4 is 11.8 Å². The summed E-state index contributed by atoms with van der Waals surface area (Å²) in [5, 5.41) is 4.23. The van der Waals surface area contributed by atoms with Crippen LogP contribution >= 0.6 is 11.8 Å². The molecule has 0 saturated heterocycles. The standard InChI is InChI=1S/C12H16N4S/c1-3-13-9(2)11-5-4-10(8-16-11)17-12-14-6-7-15-12/h4-9,13H,3H2,1-2H3,(H,14,15). The topological polar surface area (TPSA) is 53.6 Å². The SMILES string of the molecule is CCNC(C)c1ccc(Sc2ncc[nH]2)cn1. The summed E-state index contributed by atoms with van der Waals surface area (Å²) in [6, 6.07) is 4.42. The minimum Gasteiger partial charge on any atom is -0.339 e. The Morgan fingerprint density at radius 3 is 2.88 bits per heavy atom. The van der Waals surface area contributed by atoms with Crippen LogP contribution in [0.3, 0.4) is 0 Å². The molecule has 17 heavy (non-hydrogen) atoms. The van der Waals surface area contributed by atoms with Crippen molar-refractivity contribution in [1.82, 2.24) is 20.3 Å². The number of imidazole rings is 1. The molecule has 0 aliphatic carbocycles. The fourth-order valence-corrected chi connectivity index (χ4v) is 2.24. The molecule has 0 aliphatic heterocycles. The number of H-pyrrole nitrogens is 1. The minimum atomic E-state index is 0.294. The molecular weight excluding hydrogens is 232 g/mol. The zero-order valence-corrected chi connectivity index (χ0v) is 10.8. The van der Waals surface area contributed by atoms with Gasteiger partial charge in [0.25, 0.3) is 0 Å². The van der Waals surface area contributed by atoms with Gasteiger partial charge in [-0.3, -0.25) is 4.98 Å². The smallest absolute Gasteiger partial charge is 0.170 e. The maximum Gasteiger partial charge on any atom is 0.170 e. The first kappa shape index (κ1) is 12.1. The van der Waals surface area contributed by atoms with Gasteiger partial charge in [-0.25, -0.2) is 4.98 Å². The molecular formula is C12H16N4S. The largest absolute Gasteiger partial charge is 0.339 e. The van der Waals surface area contributed by atoms with E-state index in [2.05, 4.69) is 46.2 Å². The Labute approximate surface area is 105 Å². The highest BCUT2D eigenvalue weighted by molar-refractivity contribution is 7.99. The summed E-state index contributed by atoms with van der Waals surface area (Å²) < 4.78 is 0. The number of hydrogen-bond acceptors (Lipinski definition) is 4. The third kappa shape index (κ3) is 3.31.